The molecule has 3 aromatic rings. The normalized spacial score (nSPS) is 12.0. The number of fused-ring (bicyclic) bond motifs is 1. The first-order valence-corrected chi connectivity index (χ1v) is 8.30. The molecule has 0 bridgehead atoms. The van der Waals surface area contributed by atoms with Crippen molar-refractivity contribution in [3.63, 3.8) is 0 Å². The number of benzene rings is 3. The van der Waals surface area contributed by atoms with Gasteiger partial charge in [-0.25, -0.2) is 0 Å². The summed E-state index contributed by atoms with van der Waals surface area (Å²) in [4.78, 5) is 2.17. The van der Waals surface area contributed by atoms with Crippen LogP contribution in [0.25, 0.3) is 16.8 Å². The van der Waals surface area contributed by atoms with Gasteiger partial charge in [-0.1, -0.05) is 36.4 Å². The number of rotatable bonds is 4. The van der Waals surface area contributed by atoms with Crippen molar-refractivity contribution in [2.75, 3.05) is 23.4 Å². The number of allylic oxidation sites excluding steroid dienone is 2. The van der Waals surface area contributed by atoms with E-state index in [1.807, 2.05) is 43.3 Å². The first-order chi connectivity index (χ1) is 12.1. The summed E-state index contributed by atoms with van der Waals surface area (Å²) in [7, 11) is 2.07. The number of likely N-dealkylation sites (N-methyl/N-ethyl adjacent to an activating group) is 1. The number of nitrogens with zero attached hydrogens (tertiary/aromatic N) is 1. The molecular weight excluding hydrogens is 306 g/mol. The highest BCUT2D eigenvalue weighted by Crippen LogP contribution is 2.26. The molecule has 0 unspecified atom stereocenters. The second-order valence-corrected chi connectivity index (χ2v) is 6.06. The van der Waals surface area contributed by atoms with E-state index in [9.17, 15) is 0 Å². The monoisotopic (exact) mass is 329 g/mol. The van der Waals surface area contributed by atoms with Gasteiger partial charge >= 0.3 is 0 Å². The molecule has 3 heteroatoms. The average Bonchev–Trinajstić information content (AvgIpc) is 2.63. The summed E-state index contributed by atoms with van der Waals surface area (Å²) in [6.45, 7) is 2.04. The highest BCUT2D eigenvalue weighted by molar-refractivity contribution is 5.88. The summed E-state index contributed by atoms with van der Waals surface area (Å²) < 4.78 is 0. The summed E-state index contributed by atoms with van der Waals surface area (Å²) in [6.07, 6.45) is 6.30. The van der Waals surface area contributed by atoms with Crippen LogP contribution in [0.3, 0.4) is 0 Å². The predicted molar refractivity (Wildman–Crippen MR) is 110 cm³/mol. The smallest absolute Gasteiger partial charge is 0.0414 e. The standard InChI is InChI=1S/C22H23N3/c1-3-21(12-6-16-4-9-19(23)10-5-16)25(2)22-13-8-17-14-20(24)11-7-18(17)15-22/h3-15H,23-24H2,1-2H3/b12-6-,21-3+. The van der Waals surface area contributed by atoms with Gasteiger partial charge in [0.15, 0.2) is 0 Å². The fourth-order valence-electron chi connectivity index (χ4n) is 2.80. The minimum absolute atomic E-state index is 0.775. The Morgan fingerprint density at radius 2 is 1.48 bits per heavy atom. The number of anilines is 3. The van der Waals surface area contributed by atoms with Gasteiger partial charge in [0, 0.05) is 29.8 Å². The molecule has 3 aromatic carbocycles. The SMILES string of the molecule is C/C=C(\C=C/c1ccc(N)cc1)N(C)c1ccc2cc(N)ccc2c1. The minimum atomic E-state index is 0.775. The molecule has 0 aliphatic heterocycles. The fourth-order valence-corrected chi connectivity index (χ4v) is 2.80. The van der Waals surface area contributed by atoms with Crippen molar-refractivity contribution in [3.8, 4) is 0 Å². The molecule has 0 saturated carbocycles. The molecular formula is C22H23N3. The van der Waals surface area contributed by atoms with Crippen LogP contribution in [0.15, 0.2) is 78.5 Å². The molecule has 0 aliphatic carbocycles. The van der Waals surface area contributed by atoms with E-state index in [0.29, 0.717) is 0 Å². The second-order valence-electron chi connectivity index (χ2n) is 6.06. The van der Waals surface area contributed by atoms with Gasteiger partial charge < -0.3 is 16.4 Å². The van der Waals surface area contributed by atoms with E-state index in [1.165, 1.54) is 5.39 Å². The van der Waals surface area contributed by atoms with Gasteiger partial charge in [-0.05, 0) is 65.7 Å². The second kappa shape index (κ2) is 7.14. The van der Waals surface area contributed by atoms with E-state index >= 15 is 0 Å². The van der Waals surface area contributed by atoms with Crippen LogP contribution in [0, 0.1) is 0 Å². The van der Waals surface area contributed by atoms with Crippen LogP contribution in [0.4, 0.5) is 17.1 Å². The molecule has 0 aliphatic rings. The van der Waals surface area contributed by atoms with Crippen LogP contribution in [-0.4, -0.2) is 7.05 Å². The van der Waals surface area contributed by atoms with Gasteiger partial charge in [0.05, 0.1) is 0 Å². The van der Waals surface area contributed by atoms with Crippen molar-refractivity contribution in [2.45, 2.75) is 6.92 Å². The van der Waals surface area contributed by atoms with Crippen LogP contribution in [-0.2, 0) is 0 Å². The third-order valence-corrected chi connectivity index (χ3v) is 4.30. The number of hydrogen-bond donors (Lipinski definition) is 2. The van der Waals surface area contributed by atoms with Gasteiger partial charge in [0.2, 0.25) is 0 Å². The van der Waals surface area contributed by atoms with Crippen molar-refractivity contribution in [3.05, 3.63) is 84.1 Å². The van der Waals surface area contributed by atoms with E-state index in [4.69, 9.17) is 11.5 Å². The van der Waals surface area contributed by atoms with Crippen LogP contribution in [0.2, 0.25) is 0 Å². The summed E-state index contributed by atoms with van der Waals surface area (Å²) in [5.74, 6) is 0. The molecule has 0 saturated heterocycles. The lowest BCUT2D eigenvalue weighted by Gasteiger charge is -2.21. The summed E-state index contributed by atoms with van der Waals surface area (Å²) in [5.41, 5.74) is 16.5. The van der Waals surface area contributed by atoms with E-state index in [1.54, 1.807) is 0 Å². The van der Waals surface area contributed by atoms with Gasteiger partial charge in [-0.2, -0.15) is 0 Å². The van der Waals surface area contributed by atoms with Crippen molar-refractivity contribution in [1.29, 1.82) is 0 Å². The Morgan fingerprint density at radius 3 is 2.20 bits per heavy atom. The Labute approximate surface area is 148 Å². The first kappa shape index (κ1) is 16.7. The van der Waals surface area contributed by atoms with Crippen molar-refractivity contribution in [2.24, 2.45) is 0 Å². The lowest BCUT2D eigenvalue weighted by atomic mass is 10.1. The zero-order valence-corrected chi connectivity index (χ0v) is 14.6. The first-order valence-electron chi connectivity index (χ1n) is 8.30. The van der Waals surface area contributed by atoms with Crippen LogP contribution >= 0.6 is 0 Å². The third-order valence-electron chi connectivity index (χ3n) is 4.30. The molecule has 0 aromatic heterocycles. The molecule has 0 heterocycles. The van der Waals surface area contributed by atoms with E-state index in [-0.39, 0.29) is 0 Å². The maximum absolute atomic E-state index is 5.86. The quantitative estimate of drug-likeness (QED) is 0.520. The van der Waals surface area contributed by atoms with Crippen LogP contribution in [0.5, 0.6) is 0 Å². The molecule has 0 radical (unpaired) electrons. The highest BCUT2D eigenvalue weighted by atomic mass is 15.1. The maximum atomic E-state index is 5.86. The zero-order valence-electron chi connectivity index (χ0n) is 14.6. The molecule has 0 atom stereocenters. The zero-order chi connectivity index (χ0) is 17.8. The predicted octanol–water partition coefficient (Wildman–Crippen LogP) is 5.06. The molecule has 25 heavy (non-hydrogen) atoms. The summed E-state index contributed by atoms with van der Waals surface area (Å²) in [5, 5.41) is 2.33. The molecule has 126 valence electrons. The van der Waals surface area contributed by atoms with Crippen molar-refractivity contribution < 1.29 is 0 Å². The van der Waals surface area contributed by atoms with Crippen LogP contribution in [0.1, 0.15) is 12.5 Å². The molecule has 4 N–H and O–H groups in total. The highest BCUT2D eigenvalue weighted by Gasteiger charge is 2.05. The van der Waals surface area contributed by atoms with E-state index in [2.05, 4.69) is 54.4 Å². The lowest BCUT2D eigenvalue weighted by molar-refractivity contribution is 1.14. The average molecular weight is 329 g/mol. The number of hydrogen-bond acceptors (Lipinski definition) is 3. The molecule has 3 rings (SSSR count). The van der Waals surface area contributed by atoms with Crippen molar-refractivity contribution in [1.82, 2.24) is 0 Å². The number of nitrogens with two attached hydrogens (primary N) is 2. The van der Waals surface area contributed by atoms with Gasteiger partial charge in [-0.3, -0.25) is 0 Å². The topological polar surface area (TPSA) is 55.3 Å². The Balaban J connectivity index is 1.85. The molecule has 0 amide bonds. The van der Waals surface area contributed by atoms with Gasteiger partial charge in [0.25, 0.3) is 0 Å². The maximum Gasteiger partial charge on any atom is 0.0414 e. The Morgan fingerprint density at radius 1 is 0.840 bits per heavy atom. The fraction of sp³-hybridized carbons (Fsp3) is 0.0909. The van der Waals surface area contributed by atoms with Crippen LogP contribution < -0.4 is 16.4 Å². The third kappa shape index (κ3) is 3.83. The van der Waals surface area contributed by atoms with E-state index < -0.39 is 0 Å². The summed E-state index contributed by atoms with van der Waals surface area (Å²) >= 11 is 0. The van der Waals surface area contributed by atoms with Gasteiger partial charge in [0.1, 0.15) is 0 Å². The lowest BCUT2D eigenvalue weighted by Crippen LogP contribution is -2.14. The molecule has 3 nitrogen and oxygen atoms in total. The molecule has 0 fully saturated rings. The number of nitrogen functional groups attached to an aromatic ring is 2. The summed E-state index contributed by atoms with van der Waals surface area (Å²) in [6, 6.07) is 20.2. The Hall–Kier alpha value is -3.20. The van der Waals surface area contributed by atoms with Crippen molar-refractivity contribution >= 4 is 33.9 Å². The Bertz CT molecular complexity index is 937. The molecule has 0 spiro atoms. The van der Waals surface area contributed by atoms with E-state index in [0.717, 1.165) is 33.7 Å². The Kier molecular flexibility index (Phi) is 4.75. The largest absolute Gasteiger partial charge is 0.399 e. The van der Waals surface area contributed by atoms with Gasteiger partial charge in [-0.15, -0.1) is 0 Å². The minimum Gasteiger partial charge on any atom is -0.399 e.